The molecule has 3 rings (SSSR count). The largest absolute Gasteiger partial charge is 0.444 e. The molecule has 0 unspecified atom stereocenters. The van der Waals surface area contributed by atoms with Crippen LogP contribution in [0.2, 0.25) is 10.0 Å². The van der Waals surface area contributed by atoms with Gasteiger partial charge in [0.1, 0.15) is 5.75 Å². The zero-order chi connectivity index (χ0) is 18.8. The zero-order valence-corrected chi connectivity index (χ0v) is 17.3. The Balaban J connectivity index is 1.91. The predicted molar refractivity (Wildman–Crippen MR) is 112 cm³/mol. The molecule has 0 radical (unpaired) electrons. The molecule has 0 aliphatic carbocycles. The van der Waals surface area contributed by atoms with Crippen LogP contribution in [0.1, 0.15) is 19.4 Å². The molecule has 1 aromatic heterocycles. The van der Waals surface area contributed by atoms with Gasteiger partial charge in [0.2, 0.25) is 5.06 Å². The summed E-state index contributed by atoms with van der Waals surface area (Å²) in [6, 6.07) is 9.67. The molecule has 0 atom stereocenters. The topological polar surface area (TPSA) is 37.7 Å². The lowest BCUT2D eigenvalue weighted by atomic mass is 10.2. The standard InChI is InChI=1S/C19H19Cl2N3OS/c1-11(2)24(4)10-22-16-8-12(3)17(9-14(16)21)25-19-18-13(20)6-5-7-15(18)23-26-19/h5-11H,1-4H3. The summed E-state index contributed by atoms with van der Waals surface area (Å²) >= 11 is 14.0. The van der Waals surface area contributed by atoms with Crippen LogP contribution in [-0.4, -0.2) is 28.7 Å². The van der Waals surface area contributed by atoms with Crippen LogP contribution < -0.4 is 4.74 Å². The summed E-state index contributed by atoms with van der Waals surface area (Å²) in [7, 11) is 1.98. The lowest BCUT2D eigenvalue weighted by Gasteiger charge is -2.17. The number of hydrogen-bond acceptors (Lipinski definition) is 4. The molecular formula is C19H19Cl2N3OS. The number of nitrogens with zero attached hydrogens (tertiary/aromatic N) is 3. The van der Waals surface area contributed by atoms with Crippen LogP contribution in [0.3, 0.4) is 0 Å². The average Bonchev–Trinajstić information content (AvgIpc) is 3.00. The minimum Gasteiger partial charge on any atom is -0.444 e. The first-order valence-electron chi connectivity index (χ1n) is 8.15. The molecule has 0 bridgehead atoms. The van der Waals surface area contributed by atoms with Crippen LogP contribution in [0.25, 0.3) is 10.9 Å². The second-order valence-electron chi connectivity index (χ2n) is 6.28. The molecule has 0 spiro atoms. The molecule has 0 saturated carbocycles. The lowest BCUT2D eigenvalue weighted by Crippen LogP contribution is -2.24. The summed E-state index contributed by atoms with van der Waals surface area (Å²) < 4.78 is 10.4. The molecule has 0 aliphatic heterocycles. The van der Waals surface area contributed by atoms with E-state index in [1.165, 1.54) is 11.5 Å². The Morgan fingerprint density at radius 2 is 2.00 bits per heavy atom. The first-order chi connectivity index (χ1) is 12.4. The third kappa shape index (κ3) is 3.95. The first-order valence-corrected chi connectivity index (χ1v) is 9.67. The number of fused-ring (bicyclic) bond motifs is 1. The van der Waals surface area contributed by atoms with Gasteiger partial charge < -0.3 is 9.64 Å². The van der Waals surface area contributed by atoms with E-state index < -0.39 is 0 Å². The van der Waals surface area contributed by atoms with Gasteiger partial charge in [0.25, 0.3) is 0 Å². The van der Waals surface area contributed by atoms with Crippen molar-refractivity contribution >= 4 is 57.7 Å². The number of hydrogen-bond donors (Lipinski definition) is 0. The van der Waals surface area contributed by atoms with Gasteiger partial charge in [-0.15, -0.1) is 0 Å². The highest BCUT2D eigenvalue weighted by molar-refractivity contribution is 7.09. The maximum absolute atomic E-state index is 6.40. The fourth-order valence-corrected chi connectivity index (χ4v) is 3.52. The van der Waals surface area contributed by atoms with Crippen molar-refractivity contribution in [2.45, 2.75) is 26.8 Å². The van der Waals surface area contributed by atoms with Crippen LogP contribution in [0.4, 0.5) is 5.69 Å². The molecule has 4 nitrogen and oxygen atoms in total. The Morgan fingerprint density at radius 1 is 1.23 bits per heavy atom. The molecule has 1 heterocycles. The molecular weight excluding hydrogens is 389 g/mol. The van der Waals surface area contributed by atoms with Gasteiger partial charge in [0.15, 0.2) is 0 Å². The SMILES string of the molecule is Cc1cc(N=CN(C)C(C)C)c(Cl)cc1Oc1snc2cccc(Cl)c12. The van der Waals surface area contributed by atoms with Crippen molar-refractivity contribution in [1.29, 1.82) is 0 Å². The van der Waals surface area contributed by atoms with Gasteiger partial charge in [-0.25, -0.2) is 4.99 Å². The summed E-state index contributed by atoms with van der Waals surface area (Å²) in [5.41, 5.74) is 2.46. The second kappa shape index (κ2) is 7.82. The average molecular weight is 408 g/mol. The highest BCUT2D eigenvalue weighted by Gasteiger charge is 2.14. The van der Waals surface area contributed by atoms with E-state index in [0.29, 0.717) is 32.6 Å². The molecule has 0 fully saturated rings. The first kappa shape index (κ1) is 19.0. The molecule has 0 amide bonds. The third-order valence-electron chi connectivity index (χ3n) is 4.06. The molecule has 7 heteroatoms. The minimum atomic E-state index is 0.366. The Morgan fingerprint density at radius 3 is 2.73 bits per heavy atom. The van der Waals surface area contributed by atoms with Crippen LogP contribution in [0.15, 0.2) is 35.3 Å². The predicted octanol–water partition coefficient (Wildman–Crippen LogP) is 6.70. The fraction of sp³-hybridized carbons (Fsp3) is 0.263. The molecule has 0 N–H and O–H groups in total. The van der Waals surface area contributed by atoms with Gasteiger partial charge in [-0.2, -0.15) is 4.37 Å². The Hall–Kier alpha value is -1.82. The number of halogens is 2. The normalized spacial score (nSPS) is 11.7. The van der Waals surface area contributed by atoms with Crippen LogP contribution >= 0.6 is 34.7 Å². The monoisotopic (exact) mass is 407 g/mol. The number of benzene rings is 2. The molecule has 136 valence electrons. The van der Waals surface area contributed by atoms with Crippen molar-refractivity contribution in [3.8, 4) is 10.8 Å². The summed E-state index contributed by atoms with van der Waals surface area (Å²) in [6.45, 7) is 6.16. The van der Waals surface area contributed by atoms with Gasteiger partial charge in [-0.1, -0.05) is 29.3 Å². The summed E-state index contributed by atoms with van der Waals surface area (Å²) in [5.74, 6) is 0.664. The van der Waals surface area contributed by atoms with E-state index in [1.54, 1.807) is 12.4 Å². The van der Waals surface area contributed by atoms with Crippen molar-refractivity contribution in [2.75, 3.05) is 7.05 Å². The van der Waals surface area contributed by atoms with E-state index in [2.05, 4.69) is 23.2 Å². The van der Waals surface area contributed by atoms with Gasteiger partial charge in [0, 0.05) is 30.7 Å². The Bertz CT molecular complexity index is 969. The van der Waals surface area contributed by atoms with Crippen LogP contribution in [0.5, 0.6) is 10.8 Å². The van der Waals surface area contributed by atoms with Gasteiger partial charge in [-0.05, 0) is 44.5 Å². The number of aryl methyl sites for hydroxylation is 1. The van der Waals surface area contributed by atoms with Crippen molar-refractivity contribution in [2.24, 2.45) is 4.99 Å². The van der Waals surface area contributed by atoms with Crippen molar-refractivity contribution < 1.29 is 4.74 Å². The lowest BCUT2D eigenvalue weighted by molar-refractivity contribution is 0.429. The van der Waals surface area contributed by atoms with E-state index in [9.17, 15) is 0 Å². The van der Waals surface area contributed by atoms with E-state index >= 15 is 0 Å². The Labute approximate surface area is 167 Å². The number of ether oxygens (including phenoxy) is 1. The van der Waals surface area contributed by atoms with Crippen molar-refractivity contribution in [3.05, 3.63) is 45.9 Å². The number of rotatable bonds is 5. The summed E-state index contributed by atoms with van der Waals surface area (Å²) in [5, 5.41) is 2.61. The zero-order valence-electron chi connectivity index (χ0n) is 15.0. The van der Waals surface area contributed by atoms with Crippen molar-refractivity contribution in [1.82, 2.24) is 9.27 Å². The highest BCUT2D eigenvalue weighted by Crippen LogP contribution is 2.41. The quantitative estimate of drug-likeness (QED) is 0.348. The maximum atomic E-state index is 6.40. The fourth-order valence-electron chi connectivity index (χ4n) is 2.24. The second-order valence-corrected chi connectivity index (χ2v) is 7.83. The minimum absolute atomic E-state index is 0.366. The van der Waals surface area contributed by atoms with E-state index in [0.717, 1.165) is 16.5 Å². The van der Waals surface area contributed by atoms with Gasteiger partial charge in [0.05, 0.1) is 33.0 Å². The summed E-state index contributed by atoms with van der Waals surface area (Å²) in [4.78, 5) is 6.49. The number of aliphatic imine (C=N–C) groups is 1. The van der Waals surface area contributed by atoms with Gasteiger partial charge in [-0.3, -0.25) is 0 Å². The smallest absolute Gasteiger partial charge is 0.209 e. The van der Waals surface area contributed by atoms with E-state index in [4.69, 9.17) is 27.9 Å². The van der Waals surface area contributed by atoms with E-state index in [1.807, 2.05) is 43.1 Å². The highest BCUT2D eigenvalue weighted by atomic mass is 35.5. The Kier molecular flexibility index (Phi) is 5.70. The molecule has 0 aliphatic rings. The summed E-state index contributed by atoms with van der Waals surface area (Å²) in [6.07, 6.45) is 1.78. The van der Waals surface area contributed by atoms with E-state index in [-0.39, 0.29) is 0 Å². The molecule has 3 aromatic rings. The van der Waals surface area contributed by atoms with Gasteiger partial charge >= 0.3 is 0 Å². The molecule has 0 saturated heterocycles. The maximum Gasteiger partial charge on any atom is 0.209 e. The van der Waals surface area contributed by atoms with Crippen LogP contribution in [0, 0.1) is 6.92 Å². The van der Waals surface area contributed by atoms with Crippen molar-refractivity contribution in [3.63, 3.8) is 0 Å². The number of aromatic nitrogens is 1. The third-order valence-corrected chi connectivity index (χ3v) is 5.42. The molecule has 2 aromatic carbocycles. The van der Waals surface area contributed by atoms with Crippen LogP contribution in [-0.2, 0) is 0 Å². The molecule has 26 heavy (non-hydrogen) atoms.